The number of benzene rings is 2. The number of hydrogen-bond acceptors (Lipinski definition) is 7. The van der Waals surface area contributed by atoms with E-state index in [1.54, 1.807) is 18.2 Å². The van der Waals surface area contributed by atoms with Crippen molar-refractivity contribution in [1.29, 1.82) is 0 Å². The molecule has 2 aromatic carbocycles. The first-order valence-electron chi connectivity index (χ1n) is 7.10. The van der Waals surface area contributed by atoms with E-state index in [4.69, 9.17) is 14.5 Å². The molecular formula is C15H12FIN4O4. The van der Waals surface area contributed by atoms with Gasteiger partial charge in [-0.25, -0.2) is 9.87 Å². The van der Waals surface area contributed by atoms with Crippen LogP contribution in [0.3, 0.4) is 0 Å². The molecule has 0 radical (unpaired) electrons. The largest absolute Gasteiger partial charge is 0.394 e. The van der Waals surface area contributed by atoms with Crippen molar-refractivity contribution in [2.75, 3.05) is 18.5 Å². The van der Waals surface area contributed by atoms with Gasteiger partial charge in [-0.05, 0) is 52.9 Å². The van der Waals surface area contributed by atoms with Crippen LogP contribution in [0.4, 0.5) is 15.8 Å². The molecule has 0 fully saturated rings. The van der Waals surface area contributed by atoms with Crippen LogP contribution in [0.15, 0.2) is 34.9 Å². The van der Waals surface area contributed by atoms with Gasteiger partial charge in [0.05, 0.1) is 24.5 Å². The smallest absolute Gasteiger partial charge is 0.277 e. The van der Waals surface area contributed by atoms with E-state index in [0.29, 0.717) is 5.52 Å². The van der Waals surface area contributed by atoms with Gasteiger partial charge in [-0.2, -0.15) is 0 Å². The van der Waals surface area contributed by atoms with Gasteiger partial charge < -0.3 is 14.9 Å². The molecule has 130 valence electrons. The van der Waals surface area contributed by atoms with E-state index in [-0.39, 0.29) is 35.7 Å². The number of anilines is 2. The molecule has 3 rings (SSSR count). The summed E-state index contributed by atoms with van der Waals surface area (Å²) in [6.07, 6.45) is 0. The van der Waals surface area contributed by atoms with Crippen molar-refractivity contribution in [1.82, 2.24) is 15.9 Å². The number of hydrogen-bond donors (Lipinski definition) is 3. The maximum absolute atomic E-state index is 14.2. The molecule has 0 bridgehead atoms. The molecule has 0 aliphatic carbocycles. The van der Waals surface area contributed by atoms with Crippen molar-refractivity contribution in [3.63, 3.8) is 0 Å². The topological polar surface area (TPSA) is 110 Å². The highest BCUT2D eigenvalue weighted by atomic mass is 127. The molecule has 0 saturated heterocycles. The highest BCUT2D eigenvalue weighted by molar-refractivity contribution is 14.1. The van der Waals surface area contributed by atoms with Crippen LogP contribution in [0.2, 0.25) is 0 Å². The van der Waals surface area contributed by atoms with Crippen molar-refractivity contribution < 1.29 is 23.7 Å². The average Bonchev–Trinajstić information content (AvgIpc) is 3.06. The standard InChI is InChI=1S/C15H12FIN4O4/c16-10-7-8(17)1-3-11(10)18-13-9(15(23)20-24-6-5-22)2-4-12-14(13)25-21-19-12/h1-4,7,18,22H,5-6H2,(H,20,23). The number of aliphatic hydroxyl groups is 1. The third-order valence-corrected chi connectivity index (χ3v) is 3.88. The van der Waals surface area contributed by atoms with Crippen LogP contribution in [0.1, 0.15) is 10.4 Å². The van der Waals surface area contributed by atoms with Crippen molar-refractivity contribution in [3.05, 3.63) is 45.3 Å². The van der Waals surface area contributed by atoms with Gasteiger partial charge in [-0.1, -0.05) is 0 Å². The predicted octanol–water partition coefficient (Wildman–Crippen LogP) is 2.36. The number of carbonyl (C=O) groups excluding carboxylic acids is 1. The summed E-state index contributed by atoms with van der Waals surface area (Å²) in [6, 6.07) is 7.64. The third-order valence-electron chi connectivity index (χ3n) is 3.21. The third kappa shape index (κ3) is 3.86. The summed E-state index contributed by atoms with van der Waals surface area (Å²) in [4.78, 5) is 17.1. The van der Waals surface area contributed by atoms with Gasteiger partial charge in [0, 0.05) is 8.84 Å². The number of rotatable bonds is 6. The molecule has 8 nitrogen and oxygen atoms in total. The fraction of sp³-hybridized carbons (Fsp3) is 0.133. The number of fused-ring (bicyclic) bond motifs is 1. The lowest BCUT2D eigenvalue weighted by molar-refractivity contribution is 0.0169. The molecule has 25 heavy (non-hydrogen) atoms. The zero-order chi connectivity index (χ0) is 17.8. The number of nitrogens with one attached hydrogen (secondary N) is 2. The van der Waals surface area contributed by atoms with Crippen LogP contribution in [-0.2, 0) is 4.84 Å². The van der Waals surface area contributed by atoms with Crippen LogP contribution in [0, 0.1) is 9.39 Å². The number of carbonyl (C=O) groups is 1. The maximum Gasteiger partial charge on any atom is 0.277 e. The van der Waals surface area contributed by atoms with Gasteiger partial charge in [0.1, 0.15) is 17.0 Å². The molecule has 3 aromatic rings. The molecule has 1 amide bonds. The second-order valence-electron chi connectivity index (χ2n) is 4.86. The summed E-state index contributed by atoms with van der Waals surface area (Å²) in [5.74, 6) is -1.08. The second kappa shape index (κ2) is 7.72. The molecule has 0 atom stereocenters. The van der Waals surface area contributed by atoms with Crippen molar-refractivity contribution in [2.45, 2.75) is 0 Å². The van der Waals surface area contributed by atoms with Crippen LogP contribution in [0.25, 0.3) is 11.1 Å². The van der Waals surface area contributed by atoms with Gasteiger partial charge >= 0.3 is 0 Å². The summed E-state index contributed by atoms with van der Waals surface area (Å²) in [7, 11) is 0. The van der Waals surface area contributed by atoms with Crippen molar-refractivity contribution in [3.8, 4) is 0 Å². The molecule has 10 heteroatoms. The Labute approximate surface area is 154 Å². The van der Waals surface area contributed by atoms with E-state index >= 15 is 0 Å². The second-order valence-corrected chi connectivity index (χ2v) is 6.11. The summed E-state index contributed by atoms with van der Waals surface area (Å²) in [5, 5.41) is 18.8. The lowest BCUT2D eigenvalue weighted by Crippen LogP contribution is -2.25. The normalized spacial score (nSPS) is 10.8. The molecule has 0 unspecified atom stereocenters. The Hall–Kier alpha value is -2.31. The van der Waals surface area contributed by atoms with Gasteiger partial charge in [-0.3, -0.25) is 9.63 Å². The Morgan fingerprint density at radius 1 is 1.36 bits per heavy atom. The number of halogens is 2. The van der Waals surface area contributed by atoms with E-state index in [1.807, 2.05) is 22.6 Å². The Kier molecular flexibility index (Phi) is 5.40. The Bertz CT molecular complexity index is 918. The van der Waals surface area contributed by atoms with E-state index in [0.717, 1.165) is 3.57 Å². The van der Waals surface area contributed by atoms with Crippen LogP contribution < -0.4 is 10.8 Å². The first-order chi connectivity index (χ1) is 12.1. The summed E-state index contributed by atoms with van der Waals surface area (Å²) in [5.41, 5.74) is 3.30. The fourth-order valence-electron chi connectivity index (χ4n) is 2.10. The SMILES string of the molecule is O=C(NOCCO)c1ccc2nnoc2c1Nc1ccc(I)cc1F. The van der Waals surface area contributed by atoms with E-state index in [2.05, 4.69) is 21.2 Å². The number of aliphatic hydroxyl groups excluding tert-OH is 1. The number of hydroxylamine groups is 1. The van der Waals surface area contributed by atoms with Crippen molar-refractivity contribution >= 4 is 51.0 Å². The van der Waals surface area contributed by atoms with E-state index < -0.39 is 11.7 Å². The van der Waals surface area contributed by atoms with E-state index in [9.17, 15) is 9.18 Å². The van der Waals surface area contributed by atoms with Gasteiger partial charge in [0.2, 0.25) is 5.58 Å². The first-order valence-corrected chi connectivity index (χ1v) is 8.18. The first kappa shape index (κ1) is 17.5. The fourth-order valence-corrected chi connectivity index (χ4v) is 2.56. The molecule has 0 aliphatic heterocycles. The zero-order valence-corrected chi connectivity index (χ0v) is 14.8. The lowest BCUT2D eigenvalue weighted by Gasteiger charge is -2.12. The minimum atomic E-state index is -0.597. The van der Waals surface area contributed by atoms with Gasteiger partial charge in [0.25, 0.3) is 5.91 Å². The number of nitrogens with zero attached hydrogens (tertiary/aromatic N) is 2. The molecule has 1 aromatic heterocycles. The number of aromatic nitrogens is 2. The lowest BCUT2D eigenvalue weighted by atomic mass is 10.1. The van der Waals surface area contributed by atoms with Crippen LogP contribution in [0.5, 0.6) is 0 Å². The molecular weight excluding hydrogens is 446 g/mol. The van der Waals surface area contributed by atoms with Crippen molar-refractivity contribution in [2.24, 2.45) is 0 Å². The van der Waals surface area contributed by atoms with Crippen LogP contribution >= 0.6 is 22.6 Å². The quantitative estimate of drug-likeness (QED) is 0.296. The molecule has 3 N–H and O–H groups in total. The average molecular weight is 458 g/mol. The number of amides is 1. The Morgan fingerprint density at radius 3 is 2.96 bits per heavy atom. The molecule has 0 aliphatic rings. The predicted molar refractivity (Wildman–Crippen MR) is 94.7 cm³/mol. The summed E-state index contributed by atoms with van der Waals surface area (Å²) < 4.78 is 20.0. The van der Waals surface area contributed by atoms with Gasteiger partial charge in [-0.15, -0.1) is 5.10 Å². The van der Waals surface area contributed by atoms with Crippen LogP contribution in [-0.4, -0.2) is 34.6 Å². The van der Waals surface area contributed by atoms with E-state index in [1.165, 1.54) is 12.1 Å². The summed E-state index contributed by atoms with van der Waals surface area (Å²) >= 11 is 2.00. The Morgan fingerprint density at radius 2 is 2.20 bits per heavy atom. The minimum absolute atomic E-state index is 0.0631. The zero-order valence-electron chi connectivity index (χ0n) is 12.6. The molecule has 1 heterocycles. The molecule has 0 saturated carbocycles. The highest BCUT2D eigenvalue weighted by Crippen LogP contribution is 2.31. The minimum Gasteiger partial charge on any atom is -0.394 e. The Balaban J connectivity index is 2.00. The summed E-state index contributed by atoms with van der Waals surface area (Å²) in [6.45, 7) is -0.309. The maximum atomic E-state index is 14.2. The monoisotopic (exact) mass is 458 g/mol. The van der Waals surface area contributed by atoms with Gasteiger partial charge in [0.15, 0.2) is 0 Å². The molecule has 0 spiro atoms. The highest BCUT2D eigenvalue weighted by Gasteiger charge is 2.19.